The zero-order chi connectivity index (χ0) is 18.1. The van der Waals surface area contributed by atoms with E-state index >= 15 is 0 Å². The normalized spacial score (nSPS) is 10.8. The SMILES string of the molecule is Cc1c(F)ccc2c1c(Sc1ccc(C#N)cc1)c(C)n2CC(=O)O. The number of nitriles is 1. The molecule has 0 aliphatic rings. The van der Waals surface area contributed by atoms with Crippen LogP contribution in [0, 0.1) is 31.0 Å². The Balaban J connectivity index is 2.18. The van der Waals surface area contributed by atoms with Gasteiger partial charge in [0.1, 0.15) is 12.4 Å². The van der Waals surface area contributed by atoms with Crippen molar-refractivity contribution in [1.82, 2.24) is 4.57 Å². The molecule has 0 spiro atoms. The minimum Gasteiger partial charge on any atom is -0.480 e. The zero-order valence-electron chi connectivity index (χ0n) is 13.7. The summed E-state index contributed by atoms with van der Waals surface area (Å²) in [4.78, 5) is 13.0. The highest BCUT2D eigenvalue weighted by molar-refractivity contribution is 7.99. The van der Waals surface area contributed by atoms with Gasteiger partial charge < -0.3 is 9.67 Å². The molecule has 0 aliphatic carbocycles. The smallest absolute Gasteiger partial charge is 0.323 e. The Hall–Kier alpha value is -2.78. The number of carboxylic acids is 1. The van der Waals surface area contributed by atoms with E-state index < -0.39 is 5.97 Å². The number of carboxylic acid groups (broad SMARTS) is 1. The van der Waals surface area contributed by atoms with Crippen molar-refractivity contribution in [3.05, 3.63) is 59.0 Å². The Morgan fingerprint density at radius 1 is 1.24 bits per heavy atom. The Morgan fingerprint density at radius 2 is 1.92 bits per heavy atom. The Labute approximate surface area is 148 Å². The van der Waals surface area contributed by atoms with Crippen molar-refractivity contribution >= 4 is 28.6 Å². The van der Waals surface area contributed by atoms with E-state index in [2.05, 4.69) is 6.07 Å². The largest absolute Gasteiger partial charge is 0.480 e. The molecule has 0 saturated heterocycles. The first-order valence-corrected chi connectivity index (χ1v) is 8.41. The number of hydrogen-bond donors (Lipinski definition) is 1. The molecule has 6 heteroatoms. The maximum absolute atomic E-state index is 14.1. The fraction of sp³-hybridized carbons (Fsp3) is 0.158. The van der Waals surface area contributed by atoms with E-state index in [1.165, 1.54) is 17.8 Å². The van der Waals surface area contributed by atoms with Gasteiger partial charge in [-0.25, -0.2) is 4.39 Å². The summed E-state index contributed by atoms with van der Waals surface area (Å²) in [5, 5.41) is 18.8. The van der Waals surface area contributed by atoms with Gasteiger partial charge in [0, 0.05) is 20.9 Å². The van der Waals surface area contributed by atoms with Gasteiger partial charge in [0.15, 0.2) is 0 Å². The van der Waals surface area contributed by atoms with Crippen molar-refractivity contribution in [3.8, 4) is 6.07 Å². The summed E-state index contributed by atoms with van der Waals surface area (Å²) < 4.78 is 15.8. The summed E-state index contributed by atoms with van der Waals surface area (Å²) in [5.41, 5.74) is 2.55. The van der Waals surface area contributed by atoms with Gasteiger partial charge in [-0.1, -0.05) is 11.8 Å². The molecule has 3 rings (SSSR count). The number of benzene rings is 2. The minimum absolute atomic E-state index is 0.179. The van der Waals surface area contributed by atoms with E-state index in [4.69, 9.17) is 5.26 Å². The zero-order valence-corrected chi connectivity index (χ0v) is 14.5. The van der Waals surface area contributed by atoms with Crippen LogP contribution in [-0.2, 0) is 11.3 Å². The van der Waals surface area contributed by atoms with Crippen molar-refractivity contribution in [2.45, 2.75) is 30.2 Å². The lowest BCUT2D eigenvalue weighted by molar-refractivity contribution is -0.137. The van der Waals surface area contributed by atoms with Crippen LogP contribution < -0.4 is 0 Å². The monoisotopic (exact) mass is 354 g/mol. The van der Waals surface area contributed by atoms with Gasteiger partial charge in [-0.2, -0.15) is 5.26 Å². The van der Waals surface area contributed by atoms with Crippen LogP contribution in [0.1, 0.15) is 16.8 Å². The van der Waals surface area contributed by atoms with E-state index in [0.29, 0.717) is 16.6 Å². The van der Waals surface area contributed by atoms with Crippen molar-refractivity contribution in [2.75, 3.05) is 0 Å². The van der Waals surface area contributed by atoms with Crippen molar-refractivity contribution in [1.29, 1.82) is 5.26 Å². The summed E-state index contributed by atoms with van der Waals surface area (Å²) in [6.45, 7) is 3.36. The third-order valence-electron chi connectivity index (χ3n) is 4.12. The lowest BCUT2D eigenvalue weighted by atomic mass is 10.1. The highest BCUT2D eigenvalue weighted by atomic mass is 32.2. The summed E-state index contributed by atoms with van der Waals surface area (Å²) in [5.74, 6) is -1.27. The van der Waals surface area contributed by atoms with Crippen LogP contribution in [0.2, 0.25) is 0 Å². The lowest BCUT2D eigenvalue weighted by Gasteiger charge is -2.05. The van der Waals surface area contributed by atoms with Crippen molar-refractivity contribution in [2.24, 2.45) is 0 Å². The average molecular weight is 354 g/mol. The molecule has 126 valence electrons. The Morgan fingerprint density at radius 3 is 2.52 bits per heavy atom. The summed E-state index contributed by atoms with van der Waals surface area (Å²) in [6.07, 6.45) is 0. The van der Waals surface area contributed by atoms with Crippen LogP contribution in [0.3, 0.4) is 0 Å². The quantitative estimate of drug-likeness (QED) is 0.749. The van der Waals surface area contributed by atoms with E-state index in [0.717, 1.165) is 20.9 Å². The Bertz CT molecular complexity index is 1020. The molecule has 4 nitrogen and oxygen atoms in total. The molecule has 1 N–H and O–H groups in total. The lowest BCUT2D eigenvalue weighted by Crippen LogP contribution is -2.09. The molecule has 2 aromatic carbocycles. The topological polar surface area (TPSA) is 66.0 Å². The van der Waals surface area contributed by atoms with Crippen LogP contribution in [0.15, 0.2) is 46.2 Å². The summed E-state index contributed by atoms with van der Waals surface area (Å²) in [6, 6.07) is 12.2. The number of carbonyl (C=O) groups is 1. The standard InChI is InChI=1S/C19H15FN2O2S/c1-11-15(20)7-8-16-18(11)19(12(2)22(16)10-17(23)24)25-14-5-3-13(9-21)4-6-14/h3-8H,10H2,1-2H3,(H,23,24). The summed E-state index contributed by atoms with van der Waals surface area (Å²) in [7, 11) is 0. The molecule has 0 saturated carbocycles. The molecule has 0 fully saturated rings. The molecule has 0 radical (unpaired) electrons. The summed E-state index contributed by atoms with van der Waals surface area (Å²) >= 11 is 1.44. The second-order valence-corrected chi connectivity index (χ2v) is 6.78. The molecule has 1 heterocycles. The minimum atomic E-state index is -0.947. The number of hydrogen-bond acceptors (Lipinski definition) is 3. The first-order chi connectivity index (χ1) is 11.9. The molecule has 0 amide bonds. The predicted molar refractivity (Wildman–Crippen MR) is 94.3 cm³/mol. The number of aromatic nitrogens is 1. The highest BCUT2D eigenvalue weighted by Crippen LogP contribution is 2.40. The first-order valence-electron chi connectivity index (χ1n) is 7.60. The van der Waals surface area contributed by atoms with Crippen LogP contribution in [0.4, 0.5) is 4.39 Å². The predicted octanol–water partition coefficient (Wildman–Crippen LogP) is 4.50. The highest BCUT2D eigenvalue weighted by Gasteiger charge is 2.20. The number of rotatable bonds is 4. The van der Waals surface area contributed by atoms with Gasteiger partial charge in [0.2, 0.25) is 0 Å². The molecule has 0 bridgehead atoms. The molecule has 0 unspecified atom stereocenters. The first kappa shape index (κ1) is 17.1. The van der Waals surface area contributed by atoms with E-state index in [1.54, 1.807) is 29.7 Å². The van der Waals surface area contributed by atoms with Crippen molar-refractivity contribution in [3.63, 3.8) is 0 Å². The third kappa shape index (κ3) is 3.11. The Kier molecular flexibility index (Phi) is 4.51. The fourth-order valence-corrected chi connectivity index (χ4v) is 3.97. The molecule has 25 heavy (non-hydrogen) atoms. The van der Waals surface area contributed by atoms with Gasteiger partial charge in [0.25, 0.3) is 0 Å². The number of aliphatic carboxylic acids is 1. The molecular formula is C19H15FN2O2S. The van der Waals surface area contributed by atoms with Crippen molar-refractivity contribution < 1.29 is 14.3 Å². The molecule has 1 aromatic heterocycles. The van der Waals surface area contributed by atoms with Gasteiger partial charge in [-0.15, -0.1) is 0 Å². The van der Waals surface area contributed by atoms with Crippen LogP contribution in [0.25, 0.3) is 10.9 Å². The maximum Gasteiger partial charge on any atom is 0.323 e. The van der Waals surface area contributed by atoms with E-state index in [9.17, 15) is 14.3 Å². The second-order valence-electron chi connectivity index (χ2n) is 5.70. The third-order valence-corrected chi connectivity index (χ3v) is 5.34. The second kappa shape index (κ2) is 6.61. The number of halogens is 1. The number of nitrogens with zero attached hydrogens (tertiary/aromatic N) is 2. The van der Waals surface area contributed by atoms with Gasteiger partial charge in [-0.05, 0) is 55.8 Å². The number of aryl methyl sites for hydroxylation is 1. The fourth-order valence-electron chi connectivity index (χ4n) is 2.85. The molecule has 3 aromatic rings. The van der Waals surface area contributed by atoms with Gasteiger partial charge >= 0.3 is 5.97 Å². The van der Waals surface area contributed by atoms with Crippen LogP contribution in [0.5, 0.6) is 0 Å². The molecule has 0 atom stereocenters. The average Bonchev–Trinajstić information content (AvgIpc) is 2.84. The van der Waals surface area contributed by atoms with Crippen LogP contribution in [-0.4, -0.2) is 15.6 Å². The molecular weight excluding hydrogens is 339 g/mol. The van der Waals surface area contributed by atoms with E-state index in [1.807, 2.05) is 19.1 Å². The van der Waals surface area contributed by atoms with Gasteiger partial charge in [-0.3, -0.25) is 4.79 Å². The maximum atomic E-state index is 14.1. The van der Waals surface area contributed by atoms with Gasteiger partial charge in [0.05, 0.1) is 17.1 Å². The van der Waals surface area contributed by atoms with E-state index in [-0.39, 0.29) is 12.4 Å². The molecule has 0 aliphatic heterocycles. The van der Waals surface area contributed by atoms with Crippen LogP contribution >= 0.6 is 11.8 Å². The number of fused-ring (bicyclic) bond motifs is 1.